The van der Waals surface area contributed by atoms with Crippen molar-refractivity contribution in [1.82, 2.24) is 20.2 Å². The molecule has 0 fully saturated rings. The maximum atomic E-state index is 4.23. The van der Waals surface area contributed by atoms with Gasteiger partial charge in [0.25, 0.3) is 0 Å². The number of hydrogen-bond donors (Lipinski definition) is 0. The fourth-order valence-corrected chi connectivity index (χ4v) is 8.28. The maximum Gasteiger partial charge on any atom is -1.00 e. The molecule has 22 heavy (non-hydrogen) atoms. The van der Waals surface area contributed by atoms with Gasteiger partial charge in [-0.25, -0.2) is 0 Å². The molecule has 0 bridgehead atoms. The van der Waals surface area contributed by atoms with Crippen LogP contribution in [-0.4, -0.2) is 20.2 Å². The Labute approximate surface area is 152 Å². The number of nitrogens with zero attached hydrogens (tertiary/aromatic N) is 4. The van der Waals surface area contributed by atoms with Crippen LogP contribution in [0, 0.1) is 0 Å². The summed E-state index contributed by atoms with van der Waals surface area (Å²) in [4.78, 5) is 1.70. The third-order valence-corrected chi connectivity index (χ3v) is 9.47. The van der Waals surface area contributed by atoms with Crippen molar-refractivity contribution in [3.63, 3.8) is 0 Å². The van der Waals surface area contributed by atoms with E-state index in [2.05, 4.69) is 64.0 Å². The fraction of sp³-hybridized carbons (Fsp3) is 0.133. The zero-order valence-electron chi connectivity index (χ0n) is 11.5. The topological polar surface area (TPSA) is 43.6 Å². The molecule has 110 valence electrons. The van der Waals surface area contributed by atoms with Gasteiger partial charge in [0.2, 0.25) is 0 Å². The number of aromatic nitrogens is 4. The van der Waals surface area contributed by atoms with Crippen LogP contribution < -0.4 is 24.8 Å². The van der Waals surface area contributed by atoms with E-state index in [0.717, 1.165) is 6.42 Å². The van der Waals surface area contributed by atoms with E-state index in [-0.39, 0.29) is 24.8 Å². The Hall–Kier alpha value is -1.04. The third kappa shape index (κ3) is 3.16. The molecule has 1 atom stereocenters. The van der Waals surface area contributed by atoms with Gasteiger partial charge in [-0.15, -0.1) is 0 Å². The van der Waals surface area contributed by atoms with Crippen molar-refractivity contribution >= 4 is 11.8 Å². The Morgan fingerprint density at radius 3 is 2.77 bits per heavy atom. The molecule has 0 saturated carbocycles. The molecule has 1 aromatic carbocycles. The first kappa shape index (κ1) is 17.3. The van der Waals surface area contributed by atoms with Gasteiger partial charge in [-0.2, -0.15) is 0 Å². The minimum Gasteiger partial charge on any atom is -1.00 e. The molecular weight excluding hydrogens is 486 g/mol. The molecule has 1 aromatic heterocycles. The number of fused-ring (bicyclic) bond motifs is 1. The van der Waals surface area contributed by atoms with Crippen LogP contribution in [0.5, 0.6) is 0 Å². The first-order valence-electron chi connectivity index (χ1n) is 6.58. The second-order valence-electron chi connectivity index (χ2n) is 4.82. The van der Waals surface area contributed by atoms with Gasteiger partial charge in [0.05, 0.1) is 0 Å². The molecule has 4 rings (SSSR count). The monoisotopic (exact) mass is 498 g/mol. The predicted molar refractivity (Wildman–Crippen MR) is 73.0 cm³/mol. The largest absolute Gasteiger partial charge is 1.00 e. The minimum absolute atomic E-state index is 0. The van der Waals surface area contributed by atoms with Crippen LogP contribution >= 0.6 is 0 Å². The van der Waals surface area contributed by atoms with Crippen molar-refractivity contribution in [2.24, 2.45) is 0 Å². The Kier molecular flexibility index (Phi) is 5.89. The SMILES string of the molecule is C1=CC[C]([Hf+2][CH]2C(n3ncnn3)=Cc3ccccc32)=C1.[Cl-].[Cl-]. The standard InChI is InChI=1S/C10H7N4.C5H5.2ClH.Hf/c1-2-4-9-6-10(5-8(9)3-1)14-12-7-11-13-14;1-2-4-5-3-1;;;/h1-7H;1-3H,4H2;2*1H;/q;;;;+2/p-2. The summed E-state index contributed by atoms with van der Waals surface area (Å²) >= 11 is -0.982. The number of allylic oxidation sites excluding steroid dienone is 5. The summed E-state index contributed by atoms with van der Waals surface area (Å²) in [6, 6.07) is 8.64. The van der Waals surface area contributed by atoms with E-state index in [1.807, 2.05) is 0 Å². The number of hydrogen-bond acceptors (Lipinski definition) is 3. The molecule has 2 aromatic rings. The van der Waals surface area contributed by atoms with Crippen LogP contribution in [0.3, 0.4) is 0 Å². The van der Waals surface area contributed by atoms with Crippen molar-refractivity contribution < 1.29 is 47.7 Å². The van der Waals surface area contributed by atoms with Crippen LogP contribution in [0.1, 0.15) is 21.2 Å². The fourth-order valence-electron chi connectivity index (χ4n) is 2.66. The molecule has 2 aliphatic carbocycles. The van der Waals surface area contributed by atoms with Gasteiger partial charge >= 0.3 is 128 Å². The smallest absolute Gasteiger partial charge is 1.00 e. The summed E-state index contributed by atoms with van der Waals surface area (Å²) in [6.07, 6.45) is 11.6. The zero-order chi connectivity index (χ0) is 13.4. The van der Waals surface area contributed by atoms with E-state index >= 15 is 0 Å². The van der Waals surface area contributed by atoms with E-state index < -0.39 is 22.9 Å². The number of rotatable bonds is 3. The molecule has 0 radical (unpaired) electrons. The Balaban J connectivity index is 0.000000882. The van der Waals surface area contributed by atoms with Gasteiger partial charge in [-0.1, -0.05) is 0 Å². The maximum absolute atomic E-state index is 4.23. The van der Waals surface area contributed by atoms with E-state index in [4.69, 9.17) is 0 Å². The summed E-state index contributed by atoms with van der Waals surface area (Å²) in [6.45, 7) is 0. The Morgan fingerprint density at radius 2 is 2.05 bits per heavy atom. The van der Waals surface area contributed by atoms with Crippen molar-refractivity contribution in [3.05, 3.63) is 63.3 Å². The van der Waals surface area contributed by atoms with Gasteiger partial charge in [-0.3, -0.25) is 0 Å². The Bertz CT molecular complexity index is 738. The van der Waals surface area contributed by atoms with Gasteiger partial charge in [0.15, 0.2) is 0 Å². The van der Waals surface area contributed by atoms with Crippen LogP contribution in [0.2, 0.25) is 0 Å². The average Bonchev–Trinajstić information content (AvgIpc) is 3.19. The quantitative estimate of drug-likeness (QED) is 0.417. The molecular formula is C15H12Cl2HfN4. The van der Waals surface area contributed by atoms with Gasteiger partial charge in [-0.05, 0) is 0 Å². The molecule has 1 heterocycles. The van der Waals surface area contributed by atoms with Crippen LogP contribution in [-0.2, 0) is 22.9 Å². The summed E-state index contributed by atoms with van der Waals surface area (Å²) in [5.41, 5.74) is 3.94. The summed E-state index contributed by atoms with van der Waals surface area (Å²) in [7, 11) is 0. The van der Waals surface area contributed by atoms with E-state index in [9.17, 15) is 0 Å². The molecule has 0 amide bonds. The Morgan fingerprint density at radius 1 is 1.18 bits per heavy atom. The second-order valence-corrected chi connectivity index (χ2v) is 10.2. The number of tetrazole rings is 1. The molecule has 0 spiro atoms. The van der Waals surface area contributed by atoms with Crippen molar-refractivity contribution in [2.75, 3.05) is 0 Å². The summed E-state index contributed by atoms with van der Waals surface area (Å²) < 4.78 is 2.16. The van der Waals surface area contributed by atoms with Crippen LogP contribution in [0.4, 0.5) is 0 Å². The first-order chi connectivity index (χ1) is 9.92. The number of benzene rings is 1. The van der Waals surface area contributed by atoms with Crippen molar-refractivity contribution in [3.8, 4) is 0 Å². The molecule has 0 aliphatic heterocycles. The van der Waals surface area contributed by atoms with Crippen molar-refractivity contribution in [1.29, 1.82) is 0 Å². The normalized spacial score (nSPS) is 17.7. The zero-order valence-corrected chi connectivity index (χ0v) is 16.6. The summed E-state index contributed by atoms with van der Waals surface area (Å²) in [5.74, 6) is 0. The van der Waals surface area contributed by atoms with Crippen LogP contribution in [0.25, 0.3) is 11.8 Å². The van der Waals surface area contributed by atoms with E-state index in [0.29, 0.717) is 3.67 Å². The molecule has 2 aliphatic rings. The molecule has 7 heteroatoms. The predicted octanol–water partition coefficient (Wildman–Crippen LogP) is -3.34. The second kappa shape index (κ2) is 7.49. The number of halogens is 2. The van der Waals surface area contributed by atoms with Crippen LogP contribution in [0.15, 0.2) is 52.2 Å². The molecule has 0 N–H and O–H groups in total. The minimum atomic E-state index is -0.982. The van der Waals surface area contributed by atoms with Gasteiger partial charge in [0.1, 0.15) is 0 Å². The third-order valence-electron chi connectivity index (χ3n) is 3.59. The van der Waals surface area contributed by atoms with E-state index in [1.54, 1.807) is 8.13 Å². The molecule has 4 nitrogen and oxygen atoms in total. The molecule has 1 unspecified atom stereocenters. The van der Waals surface area contributed by atoms with E-state index in [1.165, 1.54) is 23.2 Å². The van der Waals surface area contributed by atoms with Crippen molar-refractivity contribution in [2.45, 2.75) is 10.1 Å². The summed E-state index contributed by atoms with van der Waals surface area (Å²) in [5, 5.41) is 12.2. The molecule has 0 saturated heterocycles. The average molecular weight is 498 g/mol. The van der Waals surface area contributed by atoms with Gasteiger partial charge in [0, 0.05) is 0 Å². The first-order valence-corrected chi connectivity index (χ1v) is 10.4. The van der Waals surface area contributed by atoms with Gasteiger partial charge < -0.3 is 24.8 Å².